The van der Waals surface area contributed by atoms with E-state index in [0.29, 0.717) is 6.61 Å². The highest BCUT2D eigenvalue weighted by atomic mass is 32.2. The Hall–Kier alpha value is -2.72. The van der Waals surface area contributed by atoms with Crippen LogP contribution in [0.4, 0.5) is 0 Å². The van der Waals surface area contributed by atoms with Gasteiger partial charge in [-0.25, -0.2) is 0 Å². The van der Waals surface area contributed by atoms with Gasteiger partial charge in [0.1, 0.15) is 11.4 Å². The van der Waals surface area contributed by atoms with Crippen molar-refractivity contribution < 1.29 is 9.26 Å². The third-order valence-electron chi connectivity index (χ3n) is 6.75. The van der Waals surface area contributed by atoms with Gasteiger partial charge in [0, 0.05) is 21.8 Å². The summed E-state index contributed by atoms with van der Waals surface area (Å²) in [6.07, 6.45) is 10.0. The van der Waals surface area contributed by atoms with E-state index in [9.17, 15) is 0 Å². The summed E-state index contributed by atoms with van der Waals surface area (Å²) in [6.45, 7) is 7.39. The van der Waals surface area contributed by atoms with Crippen LogP contribution in [0.25, 0.3) is 22.2 Å². The number of aromatic nitrogens is 1. The van der Waals surface area contributed by atoms with E-state index >= 15 is 0 Å². The molecule has 0 unspecified atom stereocenters. The Morgan fingerprint density at radius 1 is 0.784 bits per heavy atom. The molecule has 0 fully saturated rings. The molecule has 4 rings (SSSR count). The van der Waals surface area contributed by atoms with Crippen LogP contribution >= 0.6 is 11.8 Å². The lowest BCUT2D eigenvalue weighted by molar-refractivity contribution is 0.314. The smallest absolute Gasteiger partial charge is 0.174 e. The summed E-state index contributed by atoms with van der Waals surface area (Å²) in [4.78, 5) is 1.35. The van der Waals surface area contributed by atoms with Gasteiger partial charge >= 0.3 is 0 Å². The average molecular weight is 516 g/mol. The van der Waals surface area contributed by atoms with Gasteiger partial charge in [-0.05, 0) is 80.0 Å². The first kappa shape index (κ1) is 27.3. The molecule has 3 nitrogen and oxygen atoms in total. The maximum atomic E-state index is 6.32. The lowest BCUT2D eigenvalue weighted by atomic mass is 9.99. The van der Waals surface area contributed by atoms with Crippen molar-refractivity contribution in [3.8, 4) is 17.0 Å². The summed E-state index contributed by atoms with van der Waals surface area (Å²) in [5, 5.41) is 5.60. The molecule has 3 aromatic carbocycles. The van der Waals surface area contributed by atoms with Crippen molar-refractivity contribution in [1.82, 2.24) is 5.16 Å². The molecule has 0 saturated heterocycles. The summed E-state index contributed by atoms with van der Waals surface area (Å²) in [6, 6.07) is 21.9. The first-order chi connectivity index (χ1) is 18.2. The lowest BCUT2D eigenvalue weighted by Crippen LogP contribution is -2.02. The molecular formula is C33H41NO2S. The maximum Gasteiger partial charge on any atom is 0.174 e. The van der Waals surface area contributed by atoms with Crippen LogP contribution in [-0.4, -0.2) is 17.5 Å². The van der Waals surface area contributed by atoms with Crippen LogP contribution in [0.2, 0.25) is 0 Å². The van der Waals surface area contributed by atoms with Crippen molar-refractivity contribution in [3.63, 3.8) is 0 Å². The number of hydrogen-bond acceptors (Lipinski definition) is 4. The van der Waals surface area contributed by atoms with Gasteiger partial charge in [-0.15, -0.1) is 11.8 Å². The highest BCUT2D eigenvalue weighted by Gasteiger charge is 2.18. The topological polar surface area (TPSA) is 35.3 Å². The molecule has 1 heterocycles. The van der Waals surface area contributed by atoms with Crippen molar-refractivity contribution in [2.75, 3.05) is 12.4 Å². The normalized spacial score (nSPS) is 11.3. The van der Waals surface area contributed by atoms with Crippen LogP contribution in [-0.2, 0) is 19.3 Å². The number of hydrogen-bond donors (Lipinski definition) is 0. The average Bonchev–Trinajstić information content (AvgIpc) is 3.36. The van der Waals surface area contributed by atoms with Gasteiger partial charge in [0.2, 0.25) is 0 Å². The summed E-state index contributed by atoms with van der Waals surface area (Å²) in [5.74, 6) is 1.98. The summed E-state index contributed by atoms with van der Waals surface area (Å²) >= 11 is 1.91. The van der Waals surface area contributed by atoms with Crippen molar-refractivity contribution >= 4 is 22.7 Å². The van der Waals surface area contributed by atoms with Crippen molar-refractivity contribution in [2.24, 2.45) is 0 Å². The monoisotopic (exact) mass is 515 g/mol. The van der Waals surface area contributed by atoms with Crippen LogP contribution in [0.5, 0.6) is 5.75 Å². The Balaban J connectivity index is 1.44. The van der Waals surface area contributed by atoms with Gasteiger partial charge in [-0.2, -0.15) is 0 Å². The van der Waals surface area contributed by atoms with Gasteiger partial charge in [0.25, 0.3) is 0 Å². The zero-order chi connectivity index (χ0) is 25.9. The standard InChI is InChI=1S/C33H41NO2S/c1-4-7-13-26-14-9-16-27(23-26)32-30-19-20-31(29(18-8-5-2)33(30)36-34-32)35-21-11-22-37-28-17-10-15-25(24-28)12-6-3/h9-10,14-17,19-20,23-24H,4-8,11-13,18,21-22H2,1-3H3. The van der Waals surface area contributed by atoms with Crippen molar-refractivity contribution in [3.05, 3.63) is 77.4 Å². The molecule has 0 aliphatic rings. The van der Waals surface area contributed by atoms with E-state index in [2.05, 4.69) is 86.6 Å². The van der Waals surface area contributed by atoms with E-state index in [1.807, 2.05) is 11.8 Å². The first-order valence-electron chi connectivity index (χ1n) is 14.1. The molecule has 196 valence electrons. The predicted molar refractivity (Wildman–Crippen MR) is 158 cm³/mol. The second-order valence-corrected chi connectivity index (χ2v) is 11.0. The molecule has 1 aromatic heterocycles. The van der Waals surface area contributed by atoms with E-state index in [4.69, 9.17) is 9.26 Å². The molecule has 4 aromatic rings. The number of fused-ring (bicyclic) bond motifs is 1. The van der Waals surface area contributed by atoms with Crippen LogP contribution in [0.3, 0.4) is 0 Å². The van der Waals surface area contributed by atoms with Gasteiger partial charge in [-0.3, -0.25) is 0 Å². The predicted octanol–water partition coefficient (Wildman–Crippen LogP) is 9.69. The van der Waals surface area contributed by atoms with Gasteiger partial charge in [0.05, 0.1) is 12.0 Å². The Kier molecular flexibility index (Phi) is 10.5. The Bertz CT molecular complexity index is 1260. The zero-order valence-electron chi connectivity index (χ0n) is 22.7. The molecule has 0 N–H and O–H groups in total. The van der Waals surface area contributed by atoms with Crippen LogP contribution in [0, 0.1) is 0 Å². The summed E-state index contributed by atoms with van der Waals surface area (Å²) in [7, 11) is 0. The number of aryl methyl sites for hydroxylation is 3. The van der Waals surface area contributed by atoms with Crippen LogP contribution < -0.4 is 4.74 Å². The zero-order valence-corrected chi connectivity index (χ0v) is 23.5. The lowest BCUT2D eigenvalue weighted by Gasteiger charge is -2.12. The fraction of sp³-hybridized carbons (Fsp3) is 0.424. The number of rotatable bonds is 15. The molecule has 0 radical (unpaired) electrons. The molecule has 0 saturated carbocycles. The highest BCUT2D eigenvalue weighted by molar-refractivity contribution is 7.99. The quantitative estimate of drug-likeness (QED) is 0.117. The Morgan fingerprint density at radius 3 is 2.38 bits per heavy atom. The number of unbranched alkanes of at least 4 members (excludes halogenated alkanes) is 2. The van der Waals surface area contributed by atoms with Gasteiger partial charge < -0.3 is 9.26 Å². The molecule has 37 heavy (non-hydrogen) atoms. The molecule has 0 atom stereocenters. The van der Waals surface area contributed by atoms with E-state index in [1.54, 1.807) is 0 Å². The van der Waals surface area contributed by atoms with Crippen LogP contribution in [0.1, 0.15) is 76.0 Å². The van der Waals surface area contributed by atoms with Gasteiger partial charge in [-0.1, -0.05) is 75.5 Å². The van der Waals surface area contributed by atoms with E-state index in [1.165, 1.54) is 35.3 Å². The Labute approximate surface area is 227 Å². The fourth-order valence-corrected chi connectivity index (χ4v) is 5.65. The number of nitrogens with zero attached hydrogens (tertiary/aromatic N) is 1. The minimum absolute atomic E-state index is 0.701. The third-order valence-corrected chi connectivity index (χ3v) is 7.83. The summed E-state index contributed by atoms with van der Waals surface area (Å²) < 4.78 is 12.3. The second kappa shape index (κ2) is 14.3. The highest BCUT2D eigenvalue weighted by Crippen LogP contribution is 2.36. The molecule has 0 bridgehead atoms. The minimum atomic E-state index is 0.701. The van der Waals surface area contributed by atoms with Crippen molar-refractivity contribution in [2.45, 2.75) is 83.5 Å². The van der Waals surface area contributed by atoms with E-state index < -0.39 is 0 Å². The second-order valence-electron chi connectivity index (χ2n) is 9.81. The molecule has 0 spiro atoms. The fourth-order valence-electron chi connectivity index (χ4n) is 4.74. The molecule has 0 aliphatic carbocycles. The number of thioether (sulfide) groups is 1. The molecular weight excluding hydrogens is 474 g/mol. The largest absolute Gasteiger partial charge is 0.493 e. The molecule has 0 aliphatic heterocycles. The SMILES string of the molecule is CCCCc1cccc(-c2noc3c(CCCC)c(OCCCSc4cccc(CCC)c4)ccc23)c1. The van der Waals surface area contributed by atoms with E-state index in [-0.39, 0.29) is 0 Å². The molecule has 0 amide bonds. The minimum Gasteiger partial charge on any atom is -0.493 e. The third kappa shape index (κ3) is 7.41. The summed E-state index contributed by atoms with van der Waals surface area (Å²) in [5.41, 5.74) is 6.87. The molecule has 4 heteroatoms. The maximum absolute atomic E-state index is 6.32. The number of ether oxygens (including phenoxy) is 1. The van der Waals surface area contributed by atoms with E-state index in [0.717, 1.165) is 77.8 Å². The number of benzene rings is 3. The van der Waals surface area contributed by atoms with Crippen LogP contribution in [0.15, 0.2) is 70.1 Å². The van der Waals surface area contributed by atoms with Gasteiger partial charge in [0.15, 0.2) is 5.58 Å². The van der Waals surface area contributed by atoms with Crippen molar-refractivity contribution in [1.29, 1.82) is 0 Å². The first-order valence-corrected chi connectivity index (χ1v) is 15.1. The Morgan fingerprint density at radius 2 is 1.57 bits per heavy atom.